The maximum Gasteiger partial charge on any atom is 0.256 e. The normalized spacial score (nSPS) is 12.7. The molecule has 0 amide bonds. The lowest BCUT2D eigenvalue weighted by Crippen LogP contribution is -2.63. The van der Waals surface area contributed by atoms with Gasteiger partial charge in [-0.25, -0.2) is 0 Å². The molecule has 0 unspecified atom stereocenters. The van der Waals surface area contributed by atoms with Gasteiger partial charge in [0, 0.05) is 68.6 Å². The molecule has 0 radical (unpaired) electrons. The Balaban J connectivity index is 0.936. The van der Waals surface area contributed by atoms with Crippen LogP contribution >= 0.6 is 0 Å². The summed E-state index contributed by atoms with van der Waals surface area (Å²) in [6.07, 6.45) is 0. The number of para-hydroxylation sites is 8. The van der Waals surface area contributed by atoms with E-state index >= 15 is 0 Å². The minimum Gasteiger partial charge on any atom is -0.458 e. The zero-order chi connectivity index (χ0) is 60.6. The molecule has 18 rings (SSSR count). The number of ether oxygens (including phenoxy) is 2. The first kappa shape index (κ1) is 53.1. The van der Waals surface area contributed by atoms with Gasteiger partial charge in [0.15, 0.2) is 0 Å². The van der Waals surface area contributed by atoms with Gasteiger partial charge in [-0.15, -0.1) is 0 Å². The summed E-state index contributed by atoms with van der Waals surface area (Å²) in [5, 5.41) is 0. The molecule has 14 aromatic rings. The summed E-state index contributed by atoms with van der Waals surface area (Å²) >= 11 is 0. The van der Waals surface area contributed by atoms with Crippen molar-refractivity contribution in [1.82, 2.24) is 0 Å². The van der Waals surface area contributed by atoms with Crippen LogP contribution in [0.25, 0.3) is 33.4 Å². The average Bonchev–Trinajstić information content (AvgIpc) is 0.701. The van der Waals surface area contributed by atoms with Gasteiger partial charge in [0.1, 0.15) is 23.0 Å². The number of hydrogen-bond acceptors (Lipinski definition) is 6. The number of nitrogens with zero attached hydrogens (tertiary/aromatic N) is 4. The lowest BCUT2D eigenvalue weighted by atomic mass is 9.31. The first-order valence-corrected chi connectivity index (χ1v) is 31.5. The Morgan fingerprint density at radius 1 is 0.239 bits per heavy atom. The fourth-order valence-corrected chi connectivity index (χ4v) is 14.8. The van der Waals surface area contributed by atoms with E-state index in [1.165, 1.54) is 10.9 Å². The van der Waals surface area contributed by atoms with Gasteiger partial charge in [-0.2, -0.15) is 0 Å². The fourth-order valence-electron chi connectivity index (χ4n) is 14.8. The predicted molar refractivity (Wildman–Crippen MR) is 384 cm³/mol. The Labute approximate surface area is 536 Å². The predicted octanol–water partition coefficient (Wildman–Crippen LogP) is 18.4. The smallest absolute Gasteiger partial charge is 0.256 e. The number of hydrogen-bond donors (Lipinski definition) is 0. The van der Waals surface area contributed by atoms with Gasteiger partial charge in [0.05, 0.1) is 28.4 Å². The summed E-state index contributed by atoms with van der Waals surface area (Å²) in [7, 11) is 0. The summed E-state index contributed by atoms with van der Waals surface area (Å²) in [4.78, 5) is 9.87. The van der Waals surface area contributed by atoms with Crippen molar-refractivity contribution in [3.8, 4) is 56.4 Å². The van der Waals surface area contributed by atoms with Crippen LogP contribution in [0, 0.1) is 0 Å². The molecule has 92 heavy (non-hydrogen) atoms. The van der Waals surface area contributed by atoms with Crippen molar-refractivity contribution in [3.63, 3.8) is 0 Å². The highest BCUT2D eigenvalue weighted by Crippen LogP contribution is 2.52. The molecule has 0 saturated carbocycles. The van der Waals surface area contributed by atoms with E-state index in [0.717, 1.165) is 146 Å². The summed E-state index contributed by atoms with van der Waals surface area (Å²) in [6, 6.07) is 123. The third-order valence-corrected chi connectivity index (χ3v) is 18.7. The first-order valence-electron chi connectivity index (χ1n) is 31.5. The molecule has 6 nitrogen and oxygen atoms in total. The lowest BCUT2D eigenvalue weighted by molar-refractivity contribution is 0.487. The summed E-state index contributed by atoms with van der Waals surface area (Å²) < 4.78 is 14.8. The summed E-state index contributed by atoms with van der Waals surface area (Å²) in [6.45, 7) is -0.442. The van der Waals surface area contributed by atoms with E-state index in [4.69, 9.17) is 9.47 Å². The van der Waals surface area contributed by atoms with Gasteiger partial charge in [-0.3, -0.25) is 0 Å². The number of anilines is 12. The summed E-state index contributed by atoms with van der Waals surface area (Å²) in [5.41, 5.74) is 26.0. The molecular weight excluding hydrogens is 1120 g/mol. The van der Waals surface area contributed by atoms with Crippen LogP contribution in [0.2, 0.25) is 0 Å². The summed E-state index contributed by atoms with van der Waals surface area (Å²) in [5.74, 6) is 3.30. The van der Waals surface area contributed by atoms with Crippen LogP contribution in [-0.4, -0.2) is 13.4 Å². The van der Waals surface area contributed by atoms with Crippen molar-refractivity contribution < 1.29 is 9.47 Å². The standard InChI is InChI=1S/C84H56B2N4O2/c1-7-29-57(30-8-1)65-41-19-24-46-72(65)87(60-35-13-4-14-36-60)63-51-77-83-81(53-63)91-79-49-27-22-44-68(79)85(83)70-55-71-76(56-75(70)89(77)62-39-17-6-18-40-62)90(74-48-26-21-43-67(74)59-33-11-3-12-34-59)78-52-64(54-82-84(78)86(71)69-45-23-28-50-80(69)92-82)88(61-37-15-5-16-38-61)73-47-25-20-42-66(73)58-31-9-2-10-32-58/h1-56H. The molecule has 4 aliphatic rings. The molecule has 0 fully saturated rings. The lowest BCUT2D eigenvalue weighted by Gasteiger charge is -2.45. The minimum absolute atomic E-state index is 0.214. The first-order chi connectivity index (χ1) is 45.7. The molecule has 0 spiro atoms. The monoisotopic (exact) mass is 1170 g/mol. The molecule has 4 heterocycles. The van der Waals surface area contributed by atoms with Crippen LogP contribution in [0.4, 0.5) is 68.2 Å². The van der Waals surface area contributed by atoms with Crippen LogP contribution in [0.15, 0.2) is 340 Å². The Morgan fingerprint density at radius 3 is 1.10 bits per heavy atom. The number of rotatable bonds is 11. The molecule has 0 N–H and O–H groups in total. The Bertz CT molecular complexity index is 5150. The van der Waals surface area contributed by atoms with E-state index in [1.807, 2.05) is 0 Å². The van der Waals surface area contributed by atoms with Crippen molar-refractivity contribution in [1.29, 1.82) is 0 Å². The fraction of sp³-hybridized carbons (Fsp3) is 0. The Morgan fingerprint density at radius 2 is 0.609 bits per heavy atom. The zero-order valence-corrected chi connectivity index (χ0v) is 50.1. The zero-order valence-electron chi connectivity index (χ0n) is 50.1. The van der Waals surface area contributed by atoms with E-state index in [2.05, 4.69) is 359 Å². The third-order valence-electron chi connectivity index (χ3n) is 18.7. The molecule has 430 valence electrons. The second-order valence-corrected chi connectivity index (χ2v) is 23.9. The van der Waals surface area contributed by atoms with Gasteiger partial charge in [-0.05, 0) is 134 Å². The topological polar surface area (TPSA) is 31.4 Å². The second-order valence-electron chi connectivity index (χ2n) is 23.9. The van der Waals surface area contributed by atoms with Gasteiger partial charge >= 0.3 is 0 Å². The highest BCUT2D eigenvalue weighted by atomic mass is 16.5. The highest BCUT2D eigenvalue weighted by Gasteiger charge is 2.48. The molecule has 0 aromatic heterocycles. The van der Waals surface area contributed by atoms with Crippen molar-refractivity contribution in [3.05, 3.63) is 340 Å². The minimum atomic E-state index is -0.228. The highest BCUT2D eigenvalue weighted by molar-refractivity contribution is 7.02. The van der Waals surface area contributed by atoms with Crippen molar-refractivity contribution in [2.24, 2.45) is 0 Å². The maximum absolute atomic E-state index is 7.41. The number of benzene rings is 14. The molecule has 0 bridgehead atoms. The van der Waals surface area contributed by atoms with E-state index in [-0.39, 0.29) is 13.4 Å². The Hall–Kier alpha value is -12.0. The van der Waals surface area contributed by atoms with Crippen LogP contribution in [0.1, 0.15) is 0 Å². The van der Waals surface area contributed by atoms with Crippen molar-refractivity contribution in [2.75, 3.05) is 19.6 Å². The van der Waals surface area contributed by atoms with E-state index < -0.39 is 0 Å². The molecule has 0 aliphatic carbocycles. The van der Waals surface area contributed by atoms with Crippen molar-refractivity contribution >= 4 is 114 Å². The van der Waals surface area contributed by atoms with Crippen LogP contribution < -0.4 is 61.9 Å². The maximum atomic E-state index is 7.41. The van der Waals surface area contributed by atoms with E-state index in [9.17, 15) is 0 Å². The van der Waals surface area contributed by atoms with Gasteiger partial charge < -0.3 is 29.1 Å². The second kappa shape index (κ2) is 21.9. The molecule has 14 aromatic carbocycles. The van der Waals surface area contributed by atoms with Crippen LogP contribution in [0.5, 0.6) is 23.0 Å². The number of fused-ring (bicyclic) bond motifs is 8. The SMILES string of the molecule is c1ccc(-c2ccccc2N(c2ccccc2)c2cc3c4c(c2)N(c2ccccc2)c2cc5c(cc2B4c2ccccc2O3)B2c3ccccc3Oc3cc(N(c4ccccc4)c4ccccc4-c4ccccc4)cc(c32)N5c2ccccc2-c2ccccc2)cc1. The molecule has 0 atom stereocenters. The Kier molecular flexibility index (Phi) is 12.7. The van der Waals surface area contributed by atoms with Gasteiger partial charge in [0.25, 0.3) is 13.4 Å². The molecular formula is C84H56B2N4O2. The molecule has 0 saturated heterocycles. The molecule has 8 heteroatoms. The largest absolute Gasteiger partial charge is 0.458 e. The quantitative estimate of drug-likeness (QED) is 0.120. The third kappa shape index (κ3) is 8.67. The van der Waals surface area contributed by atoms with Crippen LogP contribution in [-0.2, 0) is 0 Å². The van der Waals surface area contributed by atoms with Gasteiger partial charge in [0.2, 0.25) is 0 Å². The van der Waals surface area contributed by atoms with Crippen LogP contribution in [0.3, 0.4) is 0 Å². The van der Waals surface area contributed by atoms with Crippen molar-refractivity contribution in [2.45, 2.75) is 0 Å². The average molecular weight is 1180 g/mol. The molecule has 4 aliphatic heterocycles. The van der Waals surface area contributed by atoms with E-state index in [0.29, 0.717) is 0 Å². The van der Waals surface area contributed by atoms with E-state index in [1.54, 1.807) is 0 Å². The van der Waals surface area contributed by atoms with Gasteiger partial charge in [-0.1, -0.05) is 243 Å².